The van der Waals surface area contributed by atoms with E-state index in [-0.39, 0.29) is 38.1 Å². The third kappa shape index (κ3) is 7.29. The molecule has 1 atom stereocenters. The van der Waals surface area contributed by atoms with E-state index in [0.29, 0.717) is 24.7 Å². The van der Waals surface area contributed by atoms with Crippen LogP contribution in [0.4, 0.5) is 36.8 Å². The van der Waals surface area contributed by atoms with Crippen molar-refractivity contribution in [3.05, 3.63) is 28.8 Å². The molecule has 2 aliphatic heterocycles. The molecule has 7 nitrogen and oxygen atoms in total. The van der Waals surface area contributed by atoms with Crippen molar-refractivity contribution in [3.8, 4) is 0 Å². The molecule has 2 saturated heterocycles. The zero-order valence-electron chi connectivity index (χ0n) is 18.8. The van der Waals surface area contributed by atoms with Gasteiger partial charge in [-0.25, -0.2) is 4.79 Å². The van der Waals surface area contributed by atoms with Gasteiger partial charge in [-0.05, 0) is 24.1 Å². The lowest BCUT2D eigenvalue weighted by Gasteiger charge is -2.36. The third-order valence-corrected chi connectivity index (χ3v) is 6.06. The summed E-state index contributed by atoms with van der Waals surface area (Å²) in [4.78, 5) is 28.2. The highest BCUT2D eigenvalue weighted by Gasteiger charge is 2.60. The van der Waals surface area contributed by atoms with Crippen molar-refractivity contribution in [2.24, 2.45) is 0 Å². The maximum absolute atomic E-state index is 12.7. The summed E-state index contributed by atoms with van der Waals surface area (Å²) in [5.74, 6) is -0.114. The van der Waals surface area contributed by atoms with Crippen molar-refractivity contribution in [1.82, 2.24) is 15.1 Å². The Morgan fingerprint density at radius 2 is 1.71 bits per heavy atom. The molecule has 3 rings (SSSR count). The molecule has 0 unspecified atom stereocenters. The monoisotopic (exact) mass is 530 g/mol. The van der Waals surface area contributed by atoms with E-state index >= 15 is 0 Å². The Balaban J connectivity index is 1.59. The Morgan fingerprint density at radius 1 is 1.09 bits per heavy atom. The van der Waals surface area contributed by atoms with Gasteiger partial charge >= 0.3 is 18.4 Å². The highest BCUT2D eigenvalue weighted by molar-refractivity contribution is 6.30. The van der Waals surface area contributed by atoms with Gasteiger partial charge in [0, 0.05) is 69.5 Å². The number of carbonyl (C=O) groups is 2. The van der Waals surface area contributed by atoms with Gasteiger partial charge in [-0.1, -0.05) is 17.7 Å². The lowest BCUT2D eigenvalue weighted by Crippen LogP contribution is -2.52. The van der Waals surface area contributed by atoms with Crippen LogP contribution in [0.2, 0.25) is 5.02 Å². The molecular formula is C21H25ClF6N4O3. The number of hydrogen-bond donors (Lipinski definition) is 1. The highest BCUT2D eigenvalue weighted by Crippen LogP contribution is 2.36. The number of carbonyl (C=O) groups excluding carboxylic acids is 2. The van der Waals surface area contributed by atoms with E-state index in [9.17, 15) is 35.9 Å². The van der Waals surface area contributed by atoms with Gasteiger partial charge in [-0.15, -0.1) is 0 Å². The van der Waals surface area contributed by atoms with Crippen molar-refractivity contribution in [2.75, 3.05) is 44.2 Å². The molecule has 0 aliphatic carbocycles. The van der Waals surface area contributed by atoms with Crippen LogP contribution < -0.4 is 10.2 Å². The number of halogens is 7. The van der Waals surface area contributed by atoms with E-state index in [1.807, 2.05) is 17.0 Å². The number of rotatable bonds is 5. The lowest BCUT2D eigenvalue weighted by atomic mass is 10.1. The second-order valence-electron chi connectivity index (χ2n) is 8.52. The van der Waals surface area contributed by atoms with E-state index in [4.69, 9.17) is 11.6 Å². The number of alkyl halides is 6. The van der Waals surface area contributed by atoms with Crippen LogP contribution in [-0.2, 0) is 16.1 Å². The molecule has 1 aromatic rings. The Kier molecular flexibility index (Phi) is 8.30. The first-order valence-corrected chi connectivity index (χ1v) is 11.2. The zero-order valence-corrected chi connectivity index (χ0v) is 19.5. The van der Waals surface area contributed by atoms with Gasteiger partial charge in [-0.2, -0.15) is 26.3 Å². The Bertz CT molecular complexity index is 907. The quantitative estimate of drug-likeness (QED) is 0.587. The van der Waals surface area contributed by atoms with Crippen LogP contribution in [0.25, 0.3) is 0 Å². The average Bonchev–Trinajstić information content (AvgIpc) is 3.19. The summed E-state index contributed by atoms with van der Waals surface area (Å²) < 4.78 is 79.8. The summed E-state index contributed by atoms with van der Waals surface area (Å²) >= 11 is 6.19. The summed E-state index contributed by atoms with van der Waals surface area (Å²) in [7, 11) is 0. The van der Waals surface area contributed by atoms with E-state index in [0.717, 1.165) is 22.6 Å². The first kappa shape index (κ1) is 27.2. The summed E-state index contributed by atoms with van der Waals surface area (Å²) in [5.41, 5.74) is 1.80. The van der Waals surface area contributed by atoms with E-state index in [2.05, 4.69) is 15.0 Å². The Labute approximate surface area is 202 Å². The normalized spacial score (nSPS) is 19.9. The van der Waals surface area contributed by atoms with Crippen LogP contribution in [0.15, 0.2) is 18.2 Å². The lowest BCUT2D eigenvalue weighted by molar-refractivity contribution is -0.308. The van der Waals surface area contributed by atoms with Crippen LogP contribution >= 0.6 is 11.6 Å². The largest absolute Gasteiger partial charge is 0.434 e. The fourth-order valence-electron chi connectivity index (χ4n) is 4.17. The van der Waals surface area contributed by atoms with Gasteiger partial charge in [0.15, 0.2) is 0 Å². The molecule has 14 heteroatoms. The molecule has 0 spiro atoms. The minimum Gasteiger partial charge on any atom is -0.426 e. The summed E-state index contributed by atoms with van der Waals surface area (Å²) in [6.07, 6.45) is -16.6. The molecule has 35 heavy (non-hydrogen) atoms. The van der Waals surface area contributed by atoms with Crippen molar-refractivity contribution < 1.29 is 40.7 Å². The number of nitrogens with one attached hydrogen (secondary N) is 1. The van der Waals surface area contributed by atoms with Crippen molar-refractivity contribution >= 4 is 29.3 Å². The van der Waals surface area contributed by atoms with Crippen LogP contribution in [-0.4, -0.2) is 85.6 Å². The summed E-state index contributed by atoms with van der Waals surface area (Å²) in [6.45, 7) is 3.49. The highest BCUT2D eigenvalue weighted by atomic mass is 35.5. The molecule has 1 aromatic carbocycles. The fraction of sp³-hybridized carbons (Fsp3) is 0.619. The number of anilines is 1. The first-order valence-electron chi connectivity index (χ1n) is 10.9. The van der Waals surface area contributed by atoms with Gasteiger partial charge in [0.1, 0.15) is 0 Å². The van der Waals surface area contributed by atoms with E-state index in [1.54, 1.807) is 6.07 Å². The van der Waals surface area contributed by atoms with Gasteiger partial charge < -0.3 is 19.9 Å². The van der Waals surface area contributed by atoms with Crippen molar-refractivity contribution in [1.29, 1.82) is 0 Å². The van der Waals surface area contributed by atoms with Crippen LogP contribution in [0.3, 0.4) is 0 Å². The molecule has 0 bridgehead atoms. The van der Waals surface area contributed by atoms with E-state index in [1.165, 1.54) is 6.92 Å². The molecule has 196 valence electrons. The van der Waals surface area contributed by atoms with Gasteiger partial charge in [-0.3, -0.25) is 9.69 Å². The molecule has 0 aromatic heterocycles. The molecule has 2 aliphatic rings. The maximum Gasteiger partial charge on any atom is 0.434 e. The molecule has 2 amide bonds. The molecule has 2 fully saturated rings. The number of piperazine rings is 1. The molecule has 1 N–H and O–H groups in total. The standard InChI is InChI=1S/C21H25ClF6N4O3/c1-13(33)29-16-4-5-32(12-16)17-10-15(22)3-2-14(17)11-30-6-8-31(9-7-30)19(34)35-18(20(23,24)25)21(26,27)28/h2-3,10,16,18H,4-9,11-12H2,1H3,(H,29,33)/t16-/m0/s1. The predicted octanol–water partition coefficient (Wildman–Crippen LogP) is 3.80. The van der Waals surface area contributed by atoms with Crippen molar-refractivity contribution in [3.63, 3.8) is 0 Å². The number of amides is 2. The Hall–Kier alpha value is -2.41. The van der Waals surface area contributed by atoms with Crippen LogP contribution in [0.5, 0.6) is 0 Å². The molecular weight excluding hydrogens is 506 g/mol. The molecule has 0 radical (unpaired) electrons. The topological polar surface area (TPSA) is 65.1 Å². The number of ether oxygens (including phenoxy) is 1. The smallest absolute Gasteiger partial charge is 0.426 e. The summed E-state index contributed by atoms with van der Waals surface area (Å²) in [5, 5.41) is 3.42. The molecule has 0 saturated carbocycles. The first-order chi connectivity index (χ1) is 16.2. The van der Waals surface area contributed by atoms with Gasteiger partial charge in [0.25, 0.3) is 6.10 Å². The maximum atomic E-state index is 12.7. The minimum atomic E-state index is -5.75. The minimum absolute atomic E-state index is 0.00566. The van der Waals surface area contributed by atoms with Crippen LogP contribution in [0, 0.1) is 0 Å². The SMILES string of the molecule is CC(=O)N[C@H]1CCN(c2cc(Cl)ccc2CN2CCN(C(=O)OC(C(F)(F)F)C(F)(F)F)CC2)C1. The predicted molar refractivity (Wildman–Crippen MR) is 115 cm³/mol. The number of hydrogen-bond acceptors (Lipinski definition) is 5. The number of benzene rings is 1. The van der Waals surface area contributed by atoms with Gasteiger partial charge in [0.2, 0.25) is 5.91 Å². The second kappa shape index (κ2) is 10.7. The third-order valence-electron chi connectivity index (χ3n) is 5.82. The van der Waals surface area contributed by atoms with Crippen molar-refractivity contribution in [2.45, 2.75) is 44.4 Å². The summed E-state index contributed by atoms with van der Waals surface area (Å²) in [6, 6.07) is 5.39. The zero-order chi connectivity index (χ0) is 26.0. The van der Waals surface area contributed by atoms with E-state index < -0.39 is 24.5 Å². The molecule has 2 heterocycles. The fourth-order valence-corrected chi connectivity index (χ4v) is 4.34. The van der Waals surface area contributed by atoms with Crippen LogP contribution in [0.1, 0.15) is 18.9 Å². The number of nitrogens with zero attached hydrogens (tertiary/aromatic N) is 3. The average molecular weight is 531 g/mol. The Morgan fingerprint density at radius 3 is 2.29 bits per heavy atom. The second-order valence-corrected chi connectivity index (χ2v) is 8.95. The van der Waals surface area contributed by atoms with Gasteiger partial charge in [0.05, 0.1) is 0 Å².